The number of nitrogens with zero attached hydrogens (tertiary/aromatic N) is 6. The average molecular weight is 705 g/mol. The largest absolute Gasteiger partial charge is 0.480 e. The highest BCUT2D eigenvalue weighted by atomic mass is 16.6. The Morgan fingerprint density at radius 1 is 0.700 bits per heavy atom. The molecule has 3 unspecified atom stereocenters. The van der Waals surface area contributed by atoms with Crippen molar-refractivity contribution < 1.29 is 48.0 Å². The number of ether oxygens (including phenoxy) is 4. The molecular formula is C34H52N6O10. The standard InChI is InChI=1S/C13H20N2O4.C11H16N2O4.C10H16N2O2/c1-5-18-10(16)13(8-14)6-7-15(9-13)11(17)19-12(2,3)4;1-10(2,3)17-9(16)13-5-4-11(6-12,7-13)8(14)15;1-10(2,3)14-9(13)12-5-4-8(6-11)7-12/h5-7,9H2,1-4H3;4-5,7H2,1-3H3,(H,14,15);8H,4-5,7H2,1-3H3. The van der Waals surface area contributed by atoms with E-state index in [-0.39, 0.29) is 51.1 Å². The summed E-state index contributed by atoms with van der Waals surface area (Å²) in [5.41, 5.74) is -4.43. The fraction of sp³-hybridized carbons (Fsp3) is 0.765. The van der Waals surface area contributed by atoms with Crippen molar-refractivity contribution in [3.63, 3.8) is 0 Å². The molecule has 3 aliphatic rings. The molecule has 0 saturated carbocycles. The maximum atomic E-state index is 11.9. The van der Waals surface area contributed by atoms with E-state index >= 15 is 0 Å². The number of carbonyl (C=O) groups excluding carboxylic acids is 4. The van der Waals surface area contributed by atoms with Crippen LogP contribution in [0.3, 0.4) is 0 Å². The molecule has 0 bridgehead atoms. The molecule has 50 heavy (non-hydrogen) atoms. The van der Waals surface area contributed by atoms with Gasteiger partial charge in [-0.1, -0.05) is 0 Å². The topological polar surface area (TPSA) is 224 Å². The summed E-state index contributed by atoms with van der Waals surface area (Å²) in [6.07, 6.45) is -0.213. The monoisotopic (exact) mass is 704 g/mol. The van der Waals surface area contributed by atoms with Crippen molar-refractivity contribution in [2.75, 3.05) is 45.9 Å². The molecule has 0 aliphatic carbocycles. The van der Waals surface area contributed by atoms with Crippen molar-refractivity contribution in [1.82, 2.24) is 14.7 Å². The first-order chi connectivity index (χ1) is 22.9. The fourth-order valence-corrected chi connectivity index (χ4v) is 4.83. The molecule has 3 amide bonds. The Hall–Kier alpha value is -4.78. The van der Waals surface area contributed by atoms with Gasteiger partial charge in [-0.15, -0.1) is 0 Å². The molecule has 16 nitrogen and oxygen atoms in total. The third-order valence-corrected chi connectivity index (χ3v) is 7.37. The predicted molar refractivity (Wildman–Crippen MR) is 177 cm³/mol. The molecule has 3 atom stereocenters. The molecular weight excluding hydrogens is 652 g/mol. The third kappa shape index (κ3) is 13.3. The Kier molecular flexibility index (Phi) is 14.9. The van der Waals surface area contributed by atoms with Crippen LogP contribution in [0.1, 0.15) is 88.5 Å². The van der Waals surface area contributed by atoms with Crippen molar-refractivity contribution in [2.45, 2.75) is 105 Å². The lowest BCUT2D eigenvalue weighted by atomic mass is 9.89. The van der Waals surface area contributed by atoms with E-state index in [1.807, 2.05) is 26.8 Å². The molecule has 3 saturated heterocycles. The summed E-state index contributed by atoms with van der Waals surface area (Å²) in [5.74, 6) is -1.78. The highest BCUT2D eigenvalue weighted by Gasteiger charge is 2.49. The van der Waals surface area contributed by atoms with Gasteiger partial charge in [-0.05, 0) is 88.5 Å². The van der Waals surface area contributed by atoms with Crippen LogP contribution < -0.4 is 0 Å². The highest BCUT2D eigenvalue weighted by Crippen LogP contribution is 2.33. The molecule has 0 aromatic rings. The second-order valence-corrected chi connectivity index (χ2v) is 15.3. The van der Waals surface area contributed by atoms with Crippen LogP contribution in [0.4, 0.5) is 14.4 Å². The van der Waals surface area contributed by atoms with Crippen LogP contribution in [0.15, 0.2) is 0 Å². The van der Waals surface area contributed by atoms with Gasteiger partial charge in [-0.2, -0.15) is 15.8 Å². The van der Waals surface area contributed by atoms with Gasteiger partial charge < -0.3 is 38.8 Å². The number of hydrogen-bond donors (Lipinski definition) is 1. The first kappa shape index (κ1) is 43.2. The Morgan fingerprint density at radius 2 is 1.10 bits per heavy atom. The van der Waals surface area contributed by atoms with Crippen molar-refractivity contribution in [3.05, 3.63) is 0 Å². The summed E-state index contributed by atoms with van der Waals surface area (Å²) in [4.78, 5) is 62.2. The minimum atomic E-state index is -1.49. The van der Waals surface area contributed by atoms with Gasteiger partial charge >= 0.3 is 30.2 Å². The molecule has 3 fully saturated rings. The number of rotatable bonds is 3. The second-order valence-electron chi connectivity index (χ2n) is 15.3. The van der Waals surface area contributed by atoms with Crippen molar-refractivity contribution in [1.29, 1.82) is 15.8 Å². The number of likely N-dealkylation sites (tertiary alicyclic amines) is 3. The fourth-order valence-electron chi connectivity index (χ4n) is 4.83. The molecule has 0 spiro atoms. The molecule has 0 aromatic heterocycles. The van der Waals surface area contributed by atoms with E-state index in [0.29, 0.717) is 19.6 Å². The maximum absolute atomic E-state index is 11.9. The van der Waals surface area contributed by atoms with E-state index < -0.39 is 51.8 Å². The number of esters is 1. The van der Waals surface area contributed by atoms with Crippen LogP contribution in [0.25, 0.3) is 0 Å². The first-order valence-corrected chi connectivity index (χ1v) is 16.4. The van der Waals surface area contributed by atoms with Crippen LogP contribution in [0.5, 0.6) is 0 Å². The van der Waals surface area contributed by atoms with Crippen LogP contribution in [-0.2, 0) is 28.5 Å². The van der Waals surface area contributed by atoms with Gasteiger partial charge in [0.1, 0.15) is 16.8 Å². The summed E-state index contributed by atoms with van der Waals surface area (Å²) in [6, 6.07) is 5.92. The lowest BCUT2D eigenvalue weighted by Crippen LogP contribution is -2.39. The van der Waals surface area contributed by atoms with Gasteiger partial charge in [-0.25, -0.2) is 14.4 Å². The first-order valence-electron chi connectivity index (χ1n) is 16.4. The minimum absolute atomic E-state index is 0.0250. The zero-order valence-corrected chi connectivity index (χ0v) is 31.0. The van der Waals surface area contributed by atoms with Gasteiger partial charge in [0, 0.05) is 26.2 Å². The predicted octanol–water partition coefficient (Wildman–Crippen LogP) is 4.69. The van der Waals surface area contributed by atoms with Crippen molar-refractivity contribution in [2.24, 2.45) is 16.7 Å². The smallest absolute Gasteiger partial charge is 0.410 e. The van der Waals surface area contributed by atoms with Crippen molar-refractivity contribution in [3.8, 4) is 18.2 Å². The highest BCUT2D eigenvalue weighted by molar-refractivity contribution is 5.82. The molecule has 278 valence electrons. The molecule has 16 heteroatoms. The molecule has 3 rings (SSSR count). The average Bonchev–Trinajstić information content (AvgIpc) is 3.75. The lowest BCUT2D eigenvalue weighted by Gasteiger charge is -2.25. The third-order valence-electron chi connectivity index (χ3n) is 7.37. The Balaban J connectivity index is 0.000000379. The summed E-state index contributed by atoms with van der Waals surface area (Å²) in [6.45, 7) is 19.5. The summed E-state index contributed by atoms with van der Waals surface area (Å²) in [7, 11) is 0. The van der Waals surface area contributed by atoms with Gasteiger partial charge in [0.2, 0.25) is 0 Å². The lowest BCUT2D eigenvalue weighted by molar-refractivity contribution is -0.151. The minimum Gasteiger partial charge on any atom is -0.480 e. The molecule has 3 aliphatic heterocycles. The van der Waals surface area contributed by atoms with Crippen LogP contribution in [0.2, 0.25) is 0 Å². The molecule has 0 radical (unpaired) electrons. The second kappa shape index (κ2) is 17.2. The number of carboxylic acid groups (broad SMARTS) is 1. The number of nitriles is 3. The van der Waals surface area contributed by atoms with Crippen LogP contribution in [-0.4, -0.2) is 113 Å². The summed E-state index contributed by atoms with van der Waals surface area (Å²) < 4.78 is 20.4. The maximum Gasteiger partial charge on any atom is 0.410 e. The van der Waals surface area contributed by atoms with Gasteiger partial charge in [0.05, 0.1) is 43.8 Å². The molecule has 1 N–H and O–H groups in total. The Labute approximate surface area is 294 Å². The van der Waals surface area contributed by atoms with Gasteiger partial charge in [0.15, 0.2) is 10.8 Å². The zero-order chi connectivity index (χ0) is 38.7. The molecule has 3 heterocycles. The number of carboxylic acids is 1. The summed E-state index contributed by atoms with van der Waals surface area (Å²) in [5, 5.41) is 35.8. The number of aliphatic carboxylic acids is 1. The van der Waals surface area contributed by atoms with Gasteiger partial charge in [0.25, 0.3) is 0 Å². The van der Waals surface area contributed by atoms with E-state index in [4.69, 9.17) is 34.6 Å². The summed E-state index contributed by atoms with van der Waals surface area (Å²) >= 11 is 0. The molecule has 0 aromatic carbocycles. The van der Waals surface area contributed by atoms with Crippen LogP contribution in [0, 0.1) is 50.7 Å². The Bertz CT molecular complexity index is 1380. The van der Waals surface area contributed by atoms with Crippen molar-refractivity contribution >= 4 is 30.2 Å². The van der Waals surface area contributed by atoms with Crippen LogP contribution >= 0.6 is 0 Å². The van der Waals surface area contributed by atoms with E-state index in [1.54, 1.807) is 59.4 Å². The SMILES string of the molecule is CC(C)(C)OC(=O)N1CCC(C#N)(C(=O)O)C1.CC(C)(C)OC(=O)N1CCC(C#N)C1.CCOC(=O)C1(C#N)CCN(C(=O)OC(C)(C)C)C1. The van der Waals surface area contributed by atoms with E-state index in [1.165, 1.54) is 9.80 Å². The Morgan fingerprint density at radius 3 is 1.42 bits per heavy atom. The van der Waals surface area contributed by atoms with E-state index in [0.717, 1.165) is 6.42 Å². The van der Waals surface area contributed by atoms with E-state index in [9.17, 15) is 29.2 Å². The number of hydrogen-bond acceptors (Lipinski definition) is 12. The number of amides is 3. The van der Waals surface area contributed by atoms with Gasteiger partial charge in [-0.3, -0.25) is 9.59 Å². The van der Waals surface area contributed by atoms with E-state index in [2.05, 4.69) is 6.07 Å². The zero-order valence-electron chi connectivity index (χ0n) is 31.0. The normalized spacial score (nSPS) is 23.0. The number of carbonyl (C=O) groups is 5. The quantitative estimate of drug-likeness (QED) is 0.311.